The van der Waals surface area contributed by atoms with Crippen LogP contribution in [0.4, 0.5) is 5.82 Å². The summed E-state index contributed by atoms with van der Waals surface area (Å²) in [6.45, 7) is 6.53. The summed E-state index contributed by atoms with van der Waals surface area (Å²) >= 11 is 1.31. The fraction of sp³-hybridized carbons (Fsp3) is 0.667. The first kappa shape index (κ1) is 16.1. The molecule has 0 aromatic carbocycles. The third-order valence-corrected chi connectivity index (χ3v) is 4.82. The molecule has 0 N–H and O–H groups in total. The molecule has 6 heteroatoms. The van der Waals surface area contributed by atoms with Gasteiger partial charge in [-0.15, -0.1) is 0 Å². The van der Waals surface area contributed by atoms with Gasteiger partial charge >= 0.3 is 0 Å². The second-order valence-electron chi connectivity index (χ2n) is 5.65. The summed E-state index contributed by atoms with van der Waals surface area (Å²) in [5.41, 5.74) is 0. The molecule has 0 saturated carbocycles. The van der Waals surface area contributed by atoms with Gasteiger partial charge in [-0.05, 0) is 19.3 Å². The quantitative estimate of drug-likeness (QED) is 0.811. The van der Waals surface area contributed by atoms with Crippen molar-refractivity contribution in [3.63, 3.8) is 0 Å². The molecule has 1 aliphatic rings. The van der Waals surface area contributed by atoms with Crippen LogP contribution in [0.2, 0.25) is 0 Å². The lowest BCUT2D eigenvalue weighted by atomic mass is 10.1. The van der Waals surface area contributed by atoms with E-state index in [1.54, 1.807) is 13.1 Å². The Morgan fingerprint density at radius 1 is 1.57 bits per heavy atom. The minimum Gasteiger partial charge on any atom is -0.297 e. The molecule has 0 bridgehead atoms. The predicted molar refractivity (Wildman–Crippen MR) is 85.4 cm³/mol. The van der Waals surface area contributed by atoms with Crippen LogP contribution in [0.5, 0.6) is 0 Å². The average Bonchev–Trinajstić information content (AvgIpc) is 3.02. The van der Waals surface area contributed by atoms with Gasteiger partial charge in [0.15, 0.2) is 5.12 Å². The van der Waals surface area contributed by atoms with E-state index in [9.17, 15) is 9.59 Å². The third-order valence-electron chi connectivity index (χ3n) is 3.78. The summed E-state index contributed by atoms with van der Waals surface area (Å²) in [4.78, 5) is 25.1. The highest BCUT2D eigenvalue weighted by Gasteiger charge is 2.32. The number of hydrogen-bond donors (Lipinski definition) is 0. The van der Waals surface area contributed by atoms with Crippen LogP contribution in [0, 0.1) is 5.92 Å². The van der Waals surface area contributed by atoms with Crippen molar-refractivity contribution in [2.45, 2.75) is 46.1 Å². The van der Waals surface area contributed by atoms with Crippen LogP contribution in [0.3, 0.4) is 0 Å². The number of carbonyl (C=O) groups excluding carboxylic acids is 2. The van der Waals surface area contributed by atoms with Gasteiger partial charge in [0.1, 0.15) is 5.82 Å². The van der Waals surface area contributed by atoms with E-state index in [2.05, 4.69) is 18.9 Å². The first-order chi connectivity index (χ1) is 10.0. The molecule has 1 aromatic rings. The van der Waals surface area contributed by atoms with Crippen molar-refractivity contribution in [2.24, 2.45) is 5.92 Å². The summed E-state index contributed by atoms with van der Waals surface area (Å²) in [6, 6.07) is 2.20. The predicted octanol–water partition coefficient (Wildman–Crippen LogP) is 2.88. The van der Waals surface area contributed by atoms with Crippen molar-refractivity contribution in [1.29, 1.82) is 0 Å². The van der Waals surface area contributed by atoms with Gasteiger partial charge < -0.3 is 0 Å². The van der Waals surface area contributed by atoms with Crippen molar-refractivity contribution in [2.75, 3.05) is 17.2 Å². The van der Waals surface area contributed by atoms with Gasteiger partial charge in [-0.2, -0.15) is 5.10 Å². The van der Waals surface area contributed by atoms with Gasteiger partial charge in [-0.25, -0.2) is 4.68 Å². The average molecular weight is 309 g/mol. The van der Waals surface area contributed by atoms with E-state index >= 15 is 0 Å². The molecule has 1 fully saturated rings. The van der Waals surface area contributed by atoms with E-state index < -0.39 is 0 Å². The molecular formula is C15H23N3O2S. The maximum atomic E-state index is 12.3. The lowest BCUT2D eigenvalue weighted by molar-refractivity contribution is -0.117. The second-order valence-corrected chi connectivity index (χ2v) is 6.85. The van der Waals surface area contributed by atoms with E-state index in [0.717, 1.165) is 24.4 Å². The molecule has 0 aliphatic carbocycles. The van der Waals surface area contributed by atoms with Crippen LogP contribution in [0.15, 0.2) is 12.3 Å². The van der Waals surface area contributed by atoms with Crippen molar-refractivity contribution in [3.05, 3.63) is 12.3 Å². The zero-order valence-corrected chi connectivity index (χ0v) is 13.7. The lowest BCUT2D eigenvalue weighted by Gasteiger charge is -2.21. The van der Waals surface area contributed by atoms with E-state index in [0.29, 0.717) is 19.0 Å². The van der Waals surface area contributed by atoms with E-state index in [1.165, 1.54) is 11.8 Å². The van der Waals surface area contributed by atoms with Crippen molar-refractivity contribution >= 4 is 28.6 Å². The molecule has 21 heavy (non-hydrogen) atoms. The van der Waals surface area contributed by atoms with E-state index in [-0.39, 0.29) is 16.9 Å². The Hall–Kier alpha value is -1.30. The monoisotopic (exact) mass is 309 g/mol. The van der Waals surface area contributed by atoms with E-state index in [4.69, 9.17) is 0 Å². The zero-order valence-electron chi connectivity index (χ0n) is 12.9. The van der Waals surface area contributed by atoms with Crippen molar-refractivity contribution in [3.8, 4) is 0 Å². The standard InChI is InChI=1S/C15H23N3O2S/c1-4-5-11(2)18-14(6-7-16-18)17-9-13(8-15(17)20)10-21-12(3)19/h6-7,11,13H,4-5,8-10H2,1-3H3. The fourth-order valence-corrected chi connectivity index (χ4v) is 3.44. The summed E-state index contributed by atoms with van der Waals surface area (Å²) in [7, 11) is 0. The fourth-order valence-electron chi connectivity index (χ4n) is 2.75. The summed E-state index contributed by atoms with van der Waals surface area (Å²) < 4.78 is 1.95. The molecular weight excluding hydrogens is 286 g/mol. The van der Waals surface area contributed by atoms with Crippen LogP contribution in [0.1, 0.15) is 46.1 Å². The molecule has 1 amide bonds. The minimum atomic E-state index is 0.113. The molecule has 1 saturated heterocycles. The smallest absolute Gasteiger partial charge is 0.228 e. The van der Waals surface area contributed by atoms with Gasteiger partial charge in [-0.1, -0.05) is 25.1 Å². The Kier molecular flexibility index (Phi) is 5.45. The number of aromatic nitrogens is 2. The first-order valence-corrected chi connectivity index (χ1v) is 8.48. The first-order valence-electron chi connectivity index (χ1n) is 7.50. The topological polar surface area (TPSA) is 55.2 Å². The van der Waals surface area contributed by atoms with Gasteiger partial charge in [0.25, 0.3) is 0 Å². The van der Waals surface area contributed by atoms with Crippen molar-refractivity contribution < 1.29 is 9.59 Å². The Morgan fingerprint density at radius 2 is 2.33 bits per heavy atom. The number of hydrogen-bond acceptors (Lipinski definition) is 4. The Morgan fingerprint density at radius 3 is 3.00 bits per heavy atom. The van der Waals surface area contributed by atoms with E-state index in [1.807, 2.05) is 15.6 Å². The molecule has 2 atom stereocenters. The summed E-state index contributed by atoms with van der Waals surface area (Å²) in [5, 5.41) is 4.49. The maximum Gasteiger partial charge on any atom is 0.228 e. The number of thioether (sulfide) groups is 1. The second kappa shape index (κ2) is 7.11. The largest absolute Gasteiger partial charge is 0.297 e. The number of amides is 1. The molecule has 1 aliphatic heterocycles. The van der Waals surface area contributed by atoms with Gasteiger partial charge in [-0.3, -0.25) is 14.5 Å². The van der Waals surface area contributed by atoms with Crippen LogP contribution in [0.25, 0.3) is 0 Å². The highest BCUT2D eigenvalue weighted by molar-refractivity contribution is 8.13. The Labute approximate surface area is 130 Å². The molecule has 2 rings (SSSR count). The Bertz CT molecular complexity index is 515. The minimum absolute atomic E-state index is 0.113. The highest BCUT2D eigenvalue weighted by Crippen LogP contribution is 2.29. The maximum absolute atomic E-state index is 12.3. The summed E-state index contributed by atoms with van der Waals surface area (Å²) in [6.07, 6.45) is 4.41. The normalized spacial score (nSPS) is 20.0. The molecule has 116 valence electrons. The molecule has 1 aromatic heterocycles. The molecule has 5 nitrogen and oxygen atoms in total. The third kappa shape index (κ3) is 3.87. The Balaban J connectivity index is 2.07. The number of nitrogens with zero attached hydrogens (tertiary/aromatic N) is 3. The molecule has 2 unspecified atom stereocenters. The number of carbonyl (C=O) groups is 2. The van der Waals surface area contributed by atoms with Crippen LogP contribution >= 0.6 is 11.8 Å². The lowest BCUT2D eigenvalue weighted by Crippen LogP contribution is -2.28. The van der Waals surface area contributed by atoms with Gasteiger partial charge in [0, 0.05) is 31.7 Å². The van der Waals surface area contributed by atoms with Crippen LogP contribution < -0.4 is 4.90 Å². The van der Waals surface area contributed by atoms with Crippen LogP contribution in [-0.2, 0) is 9.59 Å². The van der Waals surface area contributed by atoms with Gasteiger partial charge in [0.2, 0.25) is 5.91 Å². The summed E-state index contributed by atoms with van der Waals surface area (Å²) in [5.74, 6) is 1.98. The number of rotatable bonds is 6. The number of anilines is 1. The zero-order chi connectivity index (χ0) is 15.4. The highest BCUT2D eigenvalue weighted by atomic mass is 32.2. The van der Waals surface area contributed by atoms with Crippen molar-refractivity contribution in [1.82, 2.24) is 9.78 Å². The molecule has 2 heterocycles. The molecule has 0 spiro atoms. The van der Waals surface area contributed by atoms with Crippen LogP contribution in [-0.4, -0.2) is 33.1 Å². The molecule has 0 radical (unpaired) electrons. The van der Waals surface area contributed by atoms with Gasteiger partial charge in [0.05, 0.1) is 12.2 Å². The SMILES string of the molecule is CCCC(C)n1nccc1N1CC(CSC(C)=O)CC1=O.